The maximum absolute atomic E-state index is 12.6. The third-order valence-electron chi connectivity index (χ3n) is 4.28. The molecular formula is C24H25NO3. The van der Waals surface area contributed by atoms with Crippen molar-refractivity contribution in [2.45, 2.75) is 26.5 Å². The largest absolute Gasteiger partial charge is 0.459 e. The Morgan fingerprint density at radius 1 is 0.857 bits per heavy atom. The van der Waals surface area contributed by atoms with Gasteiger partial charge in [-0.2, -0.15) is 0 Å². The summed E-state index contributed by atoms with van der Waals surface area (Å²) in [6, 6.07) is 26.4. The molecule has 0 heterocycles. The predicted molar refractivity (Wildman–Crippen MR) is 111 cm³/mol. The molecule has 144 valence electrons. The van der Waals surface area contributed by atoms with Crippen LogP contribution in [-0.4, -0.2) is 12.0 Å². The van der Waals surface area contributed by atoms with E-state index in [1.807, 2.05) is 98.8 Å². The van der Waals surface area contributed by atoms with E-state index < -0.39 is 6.04 Å². The number of para-hydroxylation sites is 2. The first kappa shape index (κ1) is 19.5. The summed E-state index contributed by atoms with van der Waals surface area (Å²) in [6.45, 7) is 4.19. The van der Waals surface area contributed by atoms with Crippen molar-refractivity contribution in [2.75, 3.05) is 5.32 Å². The predicted octanol–water partition coefficient (Wildman–Crippen LogP) is 5.66. The third kappa shape index (κ3) is 5.61. The lowest BCUT2D eigenvalue weighted by Crippen LogP contribution is -2.36. The summed E-state index contributed by atoms with van der Waals surface area (Å²) in [5, 5.41) is 3.26. The van der Waals surface area contributed by atoms with E-state index in [1.165, 1.54) is 0 Å². The van der Waals surface area contributed by atoms with E-state index in [1.54, 1.807) is 0 Å². The molecule has 3 aromatic rings. The zero-order valence-corrected chi connectivity index (χ0v) is 16.2. The zero-order valence-electron chi connectivity index (χ0n) is 16.2. The standard InChI is InChI=1S/C24H25NO3/c1-18(2)23(25-20-11-5-3-6-12-20)24(26)27-17-19-10-9-15-22(16-19)28-21-13-7-4-8-14-21/h3-16,18,23,25H,17H2,1-2H3. The van der Waals surface area contributed by atoms with Crippen molar-refractivity contribution in [1.82, 2.24) is 0 Å². The Morgan fingerprint density at radius 3 is 2.18 bits per heavy atom. The second-order valence-electron chi connectivity index (χ2n) is 6.90. The molecule has 0 aliphatic rings. The summed E-state index contributed by atoms with van der Waals surface area (Å²) < 4.78 is 11.4. The van der Waals surface area contributed by atoms with Gasteiger partial charge in [-0.25, -0.2) is 4.79 Å². The van der Waals surface area contributed by atoms with Crippen LogP contribution in [-0.2, 0) is 16.1 Å². The van der Waals surface area contributed by atoms with E-state index in [0.717, 1.165) is 17.0 Å². The zero-order chi connectivity index (χ0) is 19.8. The maximum atomic E-state index is 12.6. The van der Waals surface area contributed by atoms with Gasteiger partial charge in [-0.1, -0.05) is 62.4 Å². The van der Waals surface area contributed by atoms with Crippen LogP contribution in [0.1, 0.15) is 19.4 Å². The molecule has 28 heavy (non-hydrogen) atoms. The highest BCUT2D eigenvalue weighted by Crippen LogP contribution is 2.22. The lowest BCUT2D eigenvalue weighted by Gasteiger charge is -2.22. The summed E-state index contributed by atoms with van der Waals surface area (Å²) in [5.74, 6) is 1.31. The first-order valence-electron chi connectivity index (χ1n) is 9.42. The normalized spacial score (nSPS) is 11.7. The molecule has 0 amide bonds. The number of hydrogen-bond acceptors (Lipinski definition) is 4. The molecule has 0 saturated carbocycles. The SMILES string of the molecule is CC(C)C(Nc1ccccc1)C(=O)OCc1cccc(Oc2ccccc2)c1. The molecular weight excluding hydrogens is 350 g/mol. The van der Waals surface area contributed by atoms with Crippen molar-refractivity contribution in [3.63, 3.8) is 0 Å². The number of esters is 1. The average Bonchev–Trinajstić information content (AvgIpc) is 2.72. The van der Waals surface area contributed by atoms with Gasteiger partial charge < -0.3 is 14.8 Å². The Hall–Kier alpha value is -3.27. The van der Waals surface area contributed by atoms with Gasteiger partial charge in [-0.05, 0) is 47.9 Å². The van der Waals surface area contributed by atoms with E-state index in [-0.39, 0.29) is 18.5 Å². The van der Waals surface area contributed by atoms with Gasteiger partial charge in [0.15, 0.2) is 0 Å². The molecule has 4 heteroatoms. The monoisotopic (exact) mass is 375 g/mol. The topological polar surface area (TPSA) is 47.6 Å². The highest BCUT2D eigenvalue weighted by Gasteiger charge is 2.23. The third-order valence-corrected chi connectivity index (χ3v) is 4.28. The molecule has 0 spiro atoms. The van der Waals surface area contributed by atoms with E-state index in [2.05, 4.69) is 5.32 Å². The smallest absolute Gasteiger partial charge is 0.329 e. The molecule has 0 saturated heterocycles. The van der Waals surface area contributed by atoms with E-state index in [0.29, 0.717) is 5.75 Å². The van der Waals surface area contributed by atoms with Crippen LogP contribution in [0.3, 0.4) is 0 Å². The summed E-state index contributed by atoms with van der Waals surface area (Å²) >= 11 is 0. The maximum Gasteiger partial charge on any atom is 0.329 e. The quantitative estimate of drug-likeness (QED) is 0.516. The molecule has 0 aromatic heterocycles. The number of benzene rings is 3. The van der Waals surface area contributed by atoms with Crippen LogP contribution in [0.25, 0.3) is 0 Å². The Morgan fingerprint density at radius 2 is 1.50 bits per heavy atom. The summed E-state index contributed by atoms with van der Waals surface area (Å²) in [6.07, 6.45) is 0. The molecule has 0 fully saturated rings. The summed E-state index contributed by atoms with van der Waals surface area (Å²) in [7, 11) is 0. The van der Waals surface area contributed by atoms with Crippen LogP contribution in [0.4, 0.5) is 5.69 Å². The van der Waals surface area contributed by atoms with Gasteiger partial charge in [0.2, 0.25) is 0 Å². The highest BCUT2D eigenvalue weighted by atomic mass is 16.5. The molecule has 0 radical (unpaired) electrons. The van der Waals surface area contributed by atoms with Gasteiger partial charge >= 0.3 is 5.97 Å². The van der Waals surface area contributed by atoms with Crippen molar-refractivity contribution in [2.24, 2.45) is 5.92 Å². The van der Waals surface area contributed by atoms with Crippen molar-refractivity contribution in [3.05, 3.63) is 90.5 Å². The van der Waals surface area contributed by atoms with Crippen LogP contribution in [0, 0.1) is 5.92 Å². The molecule has 0 aliphatic carbocycles. The van der Waals surface area contributed by atoms with Gasteiger partial charge in [0.25, 0.3) is 0 Å². The second kappa shape index (κ2) is 9.60. The molecule has 1 N–H and O–H groups in total. The minimum Gasteiger partial charge on any atom is -0.459 e. The Bertz CT molecular complexity index is 879. The Balaban J connectivity index is 1.60. The minimum atomic E-state index is -0.411. The fourth-order valence-electron chi connectivity index (χ4n) is 2.78. The molecule has 1 atom stereocenters. The van der Waals surface area contributed by atoms with Crippen molar-refractivity contribution in [3.8, 4) is 11.5 Å². The van der Waals surface area contributed by atoms with Crippen molar-refractivity contribution >= 4 is 11.7 Å². The number of carbonyl (C=O) groups excluding carboxylic acids is 1. The van der Waals surface area contributed by atoms with E-state index in [9.17, 15) is 4.79 Å². The van der Waals surface area contributed by atoms with Crippen LogP contribution in [0.2, 0.25) is 0 Å². The van der Waals surface area contributed by atoms with Crippen LogP contribution >= 0.6 is 0 Å². The number of hydrogen-bond donors (Lipinski definition) is 1. The number of ether oxygens (including phenoxy) is 2. The minimum absolute atomic E-state index is 0.0976. The Labute approximate surface area is 166 Å². The lowest BCUT2D eigenvalue weighted by molar-refractivity contribution is -0.146. The van der Waals surface area contributed by atoms with Crippen molar-refractivity contribution < 1.29 is 14.3 Å². The fourth-order valence-corrected chi connectivity index (χ4v) is 2.78. The molecule has 4 nitrogen and oxygen atoms in total. The number of nitrogens with one attached hydrogen (secondary N) is 1. The highest BCUT2D eigenvalue weighted by molar-refractivity contribution is 5.79. The lowest BCUT2D eigenvalue weighted by atomic mass is 10.0. The van der Waals surface area contributed by atoms with Gasteiger partial charge in [-0.15, -0.1) is 0 Å². The van der Waals surface area contributed by atoms with Gasteiger partial charge in [0.1, 0.15) is 24.1 Å². The van der Waals surface area contributed by atoms with E-state index >= 15 is 0 Å². The van der Waals surface area contributed by atoms with Crippen LogP contribution < -0.4 is 10.1 Å². The molecule has 3 rings (SSSR count). The molecule has 1 unspecified atom stereocenters. The first-order valence-corrected chi connectivity index (χ1v) is 9.42. The molecule has 0 aliphatic heterocycles. The first-order chi connectivity index (χ1) is 13.6. The van der Waals surface area contributed by atoms with Crippen LogP contribution in [0.15, 0.2) is 84.9 Å². The summed E-state index contributed by atoms with van der Waals surface area (Å²) in [5.41, 5.74) is 1.78. The number of anilines is 1. The van der Waals surface area contributed by atoms with Gasteiger partial charge in [-0.3, -0.25) is 0 Å². The Kier molecular flexibility index (Phi) is 6.68. The van der Waals surface area contributed by atoms with Gasteiger partial charge in [0.05, 0.1) is 0 Å². The molecule has 3 aromatic carbocycles. The van der Waals surface area contributed by atoms with Crippen LogP contribution in [0.5, 0.6) is 11.5 Å². The molecule has 0 bridgehead atoms. The summed E-state index contributed by atoms with van der Waals surface area (Å²) in [4.78, 5) is 12.6. The van der Waals surface area contributed by atoms with E-state index in [4.69, 9.17) is 9.47 Å². The number of rotatable bonds is 8. The average molecular weight is 375 g/mol. The second-order valence-corrected chi connectivity index (χ2v) is 6.90. The number of carbonyl (C=O) groups is 1. The van der Waals surface area contributed by atoms with Gasteiger partial charge in [0, 0.05) is 5.69 Å². The van der Waals surface area contributed by atoms with Crippen molar-refractivity contribution in [1.29, 1.82) is 0 Å². The fraction of sp³-hybridized carbons (Fsp3) is 0.208.